The van der Waals surface area contributed by atoms with Gasteiger partial charge in [0.25, 0.3) is 0 Å². The number of hydrogen-bond acceptors (Lipinski definition) is 4. The molecule has 0 aromatic heterocycles. The predicted molar refractivity (Wildman–Crippen MR) is 36.6 cm³/mol. The van der Waals surface area contributed by atoms with Gasteiger partial charge in [-0.1, -0.05) is 0 Å². The zero-order valence-corrected chi connectivity index (χ0v) is 6.49. The third-order valence-electron chi connectivity index (χ3n) is 1.18. The Balaban J connectivity index is 3.88. The van der Waals surface area contributed by atoms with E-state index in [1.165, 1.54) is 14.2 Å². The monoisotopic (exact) mass is 161 g/mol. The molecular weight excluding hydrogens is 150 g/mol. The molecule has 5 nitrogen and oxygen atoms in total. The maximum atomic E-state index is 10.6. The van der Waals surface area contributed by atoms with Gasteiger partial charge in [0.2, 0.25) is 5.91 Å². The lowest BCUT2D eigenvalue weighted by molar-refractivity contribution is -0.147. The van der Waals surface area contributed by atoms with Gasteiger partial charge in [0, 0.05) is 7.11 Å². The lowest BCUT2D eigenvalue weighted by Crippen LogP contribution is -2.32. The number of amides is 1. The molecule has 1 unspecified atom stereocenters. The van der Waals surface area contributed by atoms with E-state index < -0.39 is 18.0 Å². The molecule has 0 aliphatic heterocycles. The van der Waals surface area contributed by atoms with Crippen molar-refractivity contribution in [2.24, 2.45) is 5.73 Å². The van der Waals surface area contributed by atoms with Gasteiger partial charge in [-0.05, 0) is 0 Å². The van der Waals surface area contributed by atoms with Crippen LogP contribution in [0.5, 0.6) is 0 Å². The Bertz CT molecular complexity index is 157. The molecule has 0 fully saturated rings. The van der Waals surface area contributed by atoms with Gasteiger partial charge in [0.15, 0.2) is 0 Å². The van der Waals surface area contributed by atoms with Gasteiger partial charge in [-0.15, -0.1) is 0 Å². The van der Waals surface area contributed by atoms with Gasteiger partial charge in [0.05, 0.1) is 13.5 Å². The number of hydrogen-bond donors (Lipinski definition) is 1. The van der Waals surface area contributed by atoms with Crippen LogP contribution in [0.4, 0.5) is 0 Å². The van der Waals surface area contributed by atoms with Gasteiger partial charge in [0.1, 0.15) is 6.10 Å². The van der Waals surface area contributed by atoms with Crippen molar-refractivity contribution in [3.05, 3.63) is 0 Å². The minimum atomic E-state index is -0.887. The second-order valence-corrected chi connectivity index (χ2v) is 1.91. The second-order valence-electron chi connectivity index (χ2n) is 1.91. The molecule has 0 aromatic rings. The SMILES string of the molecule is COC(=O)CC(OC)C(N)=O. The van der Waals surface area contributed by atoms with Crippen molar-refractivity contribution >= 4 is 11.9 Å². The fourth-order valence-electron chi connectivity index (χ4n) is 0.535. The van der Waals surface area contributed by atoms with Crippen molar-refractivity contribution in [3.8, 4) is 0 Å². The topological polar surface area (TPSA) is 78.6 Å². The summed E-state index contributed by atoms with van der Waals surface area (Å²) in [7, 11) is 2.54. The summed E-state index contributed by atoms with van der Waals surface area (Å²) >= 11 is 0. The number of methoxy groups -OCH3 is 2. The van der Waals surface area contributed by atoms with Gasteiger partial charge in [-0.3, -0.25) is 9.59 Å². The minimum absolute atomic E-state index is 0.137. The number of carbonyl (C=O) groups is 2. The maximum absolute atomic E-state index is 10.6. The zero-order valence-electron chi connectivity index (χ0n) is 6.49. The predicted octanol–water partition coefficient (Wildman–Crippen LogP) is -0.950. The largest absolute Gasteiger partial charge is 0.469 e. The van der Waals surface area contributed by atoms with Gasteiger partial charge >= 0.3 is 5.97 Å². The molecule has 11 heavy (non-hydrogen) atoms. The summed E-state index contributed by atoms with van der Waals surface area (Å²) < 4.78 is 8.91. The zero-order chi connectivity index (χ0) is 8.85. The Morgan fingerprint density at radius 3 is 2.27 bits per heavy atom. The molecule has 2 N–H and O–H groups in total. The molecule has 0 aromatic carbocycles. The smallest absolute Gasteiger partial charge is 0.308 e. The molecule has 0 spiro atoms. The van der Waals surface area contributed by atoms with Gasteiger partial charge < -0.3 is 15.2 Å². The van der Waals surface area contributed by atoms with Gasteiger partial charge in [-0.2, -0.15) is 0 Å². The number of rotatable bonds is 4. The molecule has 0 bridgehead atoms. The third kappa shape index (κ3) is 3.57. The highest BCUT2D eigenvalue weighted by Crippen LogP contribution is 1.96. The Morgan fingerprint density at radius 2 is 2.00 bits per heavy atom. The van der Waals surface area contributed by atoms with Crippen LogP contribution in [0.3, 0.4) is 0 Å². The Kier molecular flexibility index (Phi) is 4.21. The Labute approximate surface area is 64.5 Å². The van der Waals surface area contributed by atoms with E-state index in [4.69, 9.17) is 5.73 Å². The fourth-order valence-corrected chi connectivity index (χ4v) is 0.535. The summed E-state index contributed by atoms with van der Waals surface area (Å²) in [5, 5.41) is 0. The summed E-state index contributed by atoms with van der Waals surface area (Å²) in [6.07, 6.45) is -1.02. The lowest BCUT2D eigenvalue weighted by atomic mass is 10.2. The van der Waals surface area contributed by atoms with Crippen molar-refractivity contribution in [3.63, 3.8) is 0 Å². The van der Waals surface area contributed by atoms with Gasteiger partial charge in [-0.25, -0.2) is 0 Å². The molecule has 0 saturated heterocycles. The molecule has 1 amide bonds. The van der Waals surface area contributed by atoms with E-state index in [1.54, 1.807) is 0 Å². The van der Waals surface area contributed by atoms with E-state index in [0.717, 1.165) is 0 Å². The van der Waals surface area contributed by atoms with Crippen LogP contribution in [0.1, 0.15) is 6.42 Å². The highest BCUT2D eigenvalue weighted by molar-refractivity contribution is 5.84. The summed E-state index contributed by atoms with van der Waals surface area (Å²) in [4.78, 5) is 21.0. The molecule has 5 heteroatoms. The average Bonchev–Trinajstić information content (AvgIpc) is 1.99. The third-order valence-corrected chi connectivity index (χ3v) is 1.18. The van der Waals surface area contributed by atoms with Crippen LogP contribution in [-0.4, -0.2) is 32.2 Å². The van der Waals surface area contributed by atoms with Crippen molar-refractivity contribution in [1.29, 1.82) is 0 Å². The number of nitrogens with two attached hydrogens (primary N) is 1. The van der Waals surface area contributed by atoms with Crippen LogP contribution in [-0.2, 0) is 19.1 Å². The fraction of sp³-hybridized carbons (Fsp3) is 0.667. The van der Waals surface area contributed by atoms with Crippen LogP contribution in [0.2, 0.25) is 0 Å². The van der Waals surface area contributed by atoms with Crippen LogP contribution >= 0.6 is 0 Å². The average molecular weight is 161 g/mol. The minimum Gasteiger partial charge on any atom is -0.469 e. The standard InChI is InChI=1S/C6H11NO4/c1-10-4(6(7)9)3-5(8)11-2/h4H,3H2,1-2H3,(H2,7,9). The Hall–Kier alpha value is -1.10. The summed E-state index contributed by atoms with van der Waals surface area (Å²) in [5.74, 6) is -1.19. The summed E-state index contributed by atoms with van der Waals surface area (Å²) in [6.45, 7) is 0. The number of primary amides is 1. The van der Waals surface area contributed by atoms with Crippen molar-refractivity contribution in [2.75, 3.05) is 14.2 Å². The van der Waals surface area contributed by atoms with Crippen molar-refractivity contribution in [1.82, 2.24) is 0 Å². The van der Waals surface area contributed by atoms with Crippen LogP contribution in [0.25, 0.3) is 0 Å². The Morgan fingerprint density at radius 1 is 1.45 bits per heavy atom. The first-order valence-electron chi connectivity index (χ1n) is 3.00. The first kappa shape index (κ1) is 9.90. The quantitative estimate of drug-likeness (QED) is 0.539. The second kappa shape index (κ2) is 4.68. The van der Waals surface area contributed by atoms with E-state index in [0.29, 0.717) is 0 Å². The molecule has 0 aliphatic rings. The molecule has 0 aliphatic carbocycles. The summed E-state index contributed by atoms with van der Waals surface area (Å²) in [6, 6.07) is 0. The highest BCUT2D eigenvalue weighted by atomic mass is 16.5. The van der Waals surface area contributed by atoms with E-state index in [1.807, 2.05) is 0 Å². The molecule has 0 radical (unpaired) electrons. The van der Waals surface area contributed by atoms with Crippen molar-refractivity contribution < 1.29 is 19.1 Å². The van der Waals surface area contributed by atoms with Crippen LogP contribution < -0.4 is 5.73 Å². The highest BCUT2D eigenvalue weighted by Gasteiger charge is 2.18. The van der Waals surface area contributed by atoms with E-state index in [-0.39, 0.29) is 6.42 Å². The normalized spacial score (nSPS) is 12.2. The van der Waals surface area contributed by atoms with E-state index in [9.17, 15) is 9.59 Å². The van der Waals surface area contributed by atoms with E-state index >= 15 is 0 Å². The first-order chi connectivity index (χ1) is 5.11. The van der Waals surface area contributed by atoms with Crippen LogP contribution in [0, 0.1) is 0 Å². The first-order valence-corrected chi connectivity index (χ1v) is 3.00. The number of ether oxygens (including phenoxy) is 2. The molecule has 64 valence electrons. The summed E-state index contributed by atoms with van der Waals surface area (Å²) in [5.41, 5.74) is 4.88. The maximum Gasteiger partial charge on any atom is 0.308 e. The molecule has 1 atom stereocenters. The number of carbonyl (C=O) groups excluding carboxylic acids is 2. The van der Waals surface area contributed by atoms with Crippen LogP contribution in [0.15, 0.2) is 0 Å². The van der Waals surface area contributed by atoms with E-state index in [2.05, 4.69) is 9.47 Å². The molecule has 0 heterocycles. The molecule has 0 saturated carbocycles. The number of esters is 1. The lowest BCUT2D eigenvalue weighted by Gasteiger charge is -2.08. The molecule has 0 rings (SSSR count). The molecular formula is C6H11NO4. The van der Waals surface area contributed by atoms with Crippen molar-refractivity contribution in [2.45, 2.75) is 12.5 Å².